The molecular formula is C24H34Br2O3S. The van der Waals surface area contributed by atoms with Crippen molar-refractivity contribution in [2.24, 2.45) is 0 Å². The number of hydrogen-bond donors (Lipinski definition) is 1. The number of benzene rings is 1. The number of hydrogen-bond acceptors (Lipinski definition) is 2. The summed E-state index contributed by atoms with van der Waals surface area (Å²) in [4.78, 5) is 0.236. The van der Waals surface area contributed by atoms with Gasteiger partial charge in [-0.2, -0.15) is 8.42 Å². The molecular weight excluding hydrogens is 528 g/mol. The smallest absolute Gasteiger partial charge is 0.282 e. The quantitative estimate of drug-likeness (QED) is 0.374. The van der Waals surface area contributed by atoms with Crippen molar-refractivity contribution in [1.29, 1.82) is 0 Å². The van der Waals surface area contributed by atoms with E-state index in [1.165, 1.54) is 37.7 Å². The Kier molecular flexibility index (Phi) is 7.69. The van der Waals surface area contributed by atoms with Gasteiger partial charge >= 0.3 is 0 Å². The van der Waals surface area contributed by atoms with Crippen LogP contribution >= 0.6 is 31.9 Å². The fourth-order valence-electron chi connectivity index (χ4n) is 6.27. The summed E-state index contributed by atoms with van der Waals surface area (Å²) >= 11 is 7.80. The molecule has 168 valence electrons. The maximum absolute atomic E-state index is 12.9. The third kappa shape index (κ3) is 4.72. The van der Waals surface area contributed by atoms with E-state index >= 15 is 0 Å². The Morgan fingerprint density at radius 1 is 0.567 bits per heavy atom. The van der Waals surface area contributed by atoms with Crippen LogP contribution in [-0.2, 0) is 10.1 Å². The Balaban J connectivity index is 1.98. The molecule has 3 nitrogen and oxygen atoms in total. The molecule has 0 heterocycles. The molecule has 0 spiro atoms. The van der Waals surface area contributed by atoms with Crippen LogP contribution in [0.3, 0.4) is 0 Å². The molecule has 0 unspecified atom stereocenters. The molecule has 30 heavy (non-hydrogen) atoms. The summed E-state index contributed by atoms with van der Waals surface area (Å²) in [7, 11) is -4.32. The Morgan fingerprint density at radius 2 is 0.867 bits per heavy atom. The highest BCUT2D eigenvalue weighted by atomic mass is 79.9. The van der Waals surface area contributed by atoms with Crippen molar-refractivity contribution < 1.29 is 13.0 Å². The van der Waals surface area contributed by atoms with Gasteiger partial charge in [0.15, 0.2) is 0 Å². The van der Waals surface area contributed by atoms with Crippen LogP contribution in [0.2, 0.25) is 0 Å². The maximum Gasteiger partial charge on any atom is 0.295 e. The van der Waals surface area contributed by atoms with Crippen LogP contribution < -0.4 is 0 Å². The van der Waals surface area contributed by atoms with Gasteiger partial charge in [-0.25, -0.2) is 0 Å². The second kappa shape index (κ2) is 9.93. The van der Waals surface area contributed by atoms with Crippen molar-refractivity contribution in [2.45, 2.75) is 119 Å². The van der Waals surface area contributed by atoms with Crippen LogP contribution in [0.25, 0.3) is 0 Å². The van der Waals surface area contributed by atoms with E-state index in [4.69, 9.17) is 0 Å². The fraction of sp³-hybridized carbons (Fsp3) is 0.750. The van der Waals surface area contributed by atoms with Crippen LogP contribution in [0.1, 0.15) is 131 Å². The van der Waals surface area contributed by atoms with Crippen LogP contribution in [0, 0.1) is 0 Å². The van der Waals surface area contributed by atoms with E-state index in [1.807, 2.05) is 0 Å². The molecule has 0 amide bonds. The summed E-state index contributed by atoms with van der Waals surface area (Å²) < 4.78 is 38.1. The Bertz CT molecular complexity index is 818. The molecule has 1 N–H and O–H groups in total. The zero-order chi connectivity index (χ0) is 21.3. The maximum atomic E-state index is 12.9. The third-order valence-electron chi connectivity index (χ3n) is 7.73. The van der Waals surface area contributed by atoms with Gasteiger partial charge in [-0.1, -0.05) is 89.6 Å². The predicted molar refractivity (Wildman–Crippen MR) is 129 cm³/mol. The van der Waals surface area contributed by atoms with Gasteiger partial charge in [0, 0.05) is 8.95 Å². The van der Waals surface area contributed by atoms with Crippen LogP contribution in [0.15, 0.2) is 13.8 Å². The highest BCUT2D eigenvalue weighted by Gasteiger charge is 2.37. The van der Waals surface area contributed by atoms with Crippen LogP contribution in [-0.4, -0.2) is 13.0 Å². The summed E-state index contributed by atoms with van der Waals surface area (Å²) in [6.07, 6.45) is 17.1. The largest absolute Gasteiger partial charge is 0.295 e. The van der Waals surface area contributed by atoms with Gasteiger partial charge in [-0.15, -0.1) is 0 Å². The van der Waals surface area contributed by atoms with E-state index in [-0.39, 0.29) is 16.7 Å². The molecule has 1 aromatic rings. The van der Waals surface area contributed by atoms with Gasteiger partial charge in [0.25, 0.3) is 10.1 Å². The monoisotopic (exact) mass is 560 g/mol. The van der Waals surface area contributed by atoms with Gasteiger partial charge < -0.3 is 0 Å². The molecule has 4 rings (SSSR count). The molecule has 0 radical (unpaired) electrons. The zero-order valence-electron chi connectivity index (χ0n) is 17.8. The summed E-state index contributed by atoms with van der Waals surface area (Å²) in [5, 5.41) is 0. The zero-order valence-corrected chi connectivity index (χ0v) is 21.8. The predicted octanol–water partition coefficient (Wildman–Crippen LogP) is 8.60. The van der Waals surface area contributed by atoms with E-state index in [2.05, 4.69) is 31.9 Å². The minimum Gasteiger partial charge on any atom is -0.282 e. The summed E-state index contributed by atoms with van der Waals surface area (Å²) in [5.74, 6) is 0.883. The molecule has 3 fully saturated rings. The second-order valence-electron chi connectivity index (χ2n) is 9.68. The van der Waals surface area contributed by atoms with Crippen molar-refractivity contribution in [3.05, 3.63) is 25.6 Å². The van der Waals surface area contributed by atoms with Gasteiger partial charge in [0.2, 0.25) is 0 Å². The lowest BCUT2D eigenvalue weighted by Gasteiger charge is -2.34. The van der Waals surface area contributed by atoms with Crippen molar-refractivity contribution in [1.82, 2.24) is 0 Å². The Labute approximate surface area is 198 Å². The first-order chi connectivity index (χ1) is 14.4. The molecule has 3 aliphatic rings. The van der Waals surface area contributed by atoms with Gasteiger partial charge in [0.05, 0.1) is 0 Å². The van der Waals surface area contributed by atoms with Crippen molar-refractivity contribution in [3.8, 4) is 0 Å². The van der Waals surface area contributed by atoms with Crippen molar-refractivity contribution in [3.63, 3.8) is 0 Å². The normalized spacial score (nSPS) is 23.0. The number of rotatable bonds is 4. The SMILES string of the molecule is O=S(=O)(O)c1c(C2CCCCC2)c(Br)c(C2CCCCC2)c(Br)c1C1CCCCC1. The van der Waals surface area contributed by atoms with E-state index in [0.717, 1.165) is 84.3 Å². The molecule has 1 aromatic carbocycles. The van der Waals surface area contributed by atoms with Gasteiger partial charge in [-0.05, 0) is 73.0 Å². The average Bonchev–Trinajstić information content (AvgIpc) is 2.75. The van der Waals surface area contributed by atoms with E-state index < -0.39 is 10.1 Å². The van der Waals surface area contributed by atoms with Crippen LogP contribution in [0.5, 0.6) is 0 Å². The van der Waals surface area contributed by atoms with Crippen molar-refractivity contribution in [2.75, 3.05) is 0 Å². The molecule has 3 aliphatic carbocycles. The summed E-state index contributed by atoms with van der Waals surface area (Å²) in [6.45, 7) is 0. The van der Waals surface area contributed by atoms with E-state index in [1.54, 1.807) is 0 Å². The summed E-state index contributed by atoms with van der Waals surface area (Å²) in [6, 6.07) is 0. The molecule has 3 saturated carbocycles. The fourth-order valence-corrected chi connectivity index (χ4v) is 9.98. The highest BCUT2D eigenvalue weighted by molar-refractivity contribution is 9.11. The topological polar surface area (TPSA) is 54.4 Å². The summed E-state index contributed by atoms with van der Waals surface area (Å²) in [5.41, 5.74) is 3.06. The second-order valence-corrected chi connectivity index (χ2v) is 12.6. The minimum absolute atomic E-state index is 0.211. The van der Waals surface area contributed by atoms with E-state index in [0.29, 0.717) is 5.92 Å². The van der Waals surface area contributed by atoms with Gasteiger partial charge in [0.1, 0.15) is 4.90 Å². The average molecular weight is 562 g/mol. The first kappa shape index (κ1) is 23.3. The van der Waals surface area contributed by atoms with E-state index in [9.17, 15) is 13.0 Å². The standard InChI is InChI=1S/C24H34Br2O3S/c25-22-19(16-10-4-1-5-11-16)23(26)21(18-14-8-3-9-15-18)24(30(27,28)29)20(22)17-12-6-2-7-13-17/h16-18H,1-15H2,(H,27,28,29). The number of halogens is 2. The third-order valence-corrected chi connectivity index (χ3v) is 10.4. The van der Waals surface area contributed by atoms with Crippen LogP contribution in [0.4, 0.5) is 0 Å². The Morgan fingerprint density at radius 3 is 1.17 bits per heavy atom. The lowest BCUT2D eigenvalue weighted by molar-refractivity contribution is 0.410. The van der Waals surface area contributed by atoms with Crippen molar-refractivity contribution >= 4 is 42.0 Å². The van der Waals surface area contributed by atoms with Gasteiger partial charge in [-0.3, -0.25) is 4.55 Å². The highest BCUT2D eigenvalue weighted by Crippen LogP contribution is 2.53. The molecule has 0 atom stereocenters. The minimum atomic E-state index is -4.32. The first-order valence-corrected chi connectivity index (χ1v) is 14.9. The Hall–Kier alpha value is 0.0900. The lowest BCUT2D eigenvalue weighted by atomic mass is 9.76. The first-order valence-electron chi connectivity index (χ1n) is 11.9. The molecule has 0 bridgehead atoms. The molecule has 0 saturated heterocycles. The molecule has 0 aliphatic heterocycles. The molecule has 0 aromatic heterocycles. The molecule has 6 heteroatoms. The lowest BCUT2D eigenvalue weighted by Crippen LogP contribution is -2.20.